The molecule has 0 fully saturated rings. The van der Waals surface area contributed by atoms with Crippen molar-refractivity contribution in [2.75, 3.05) is 13.1 Å². The third-order valence-electron chi connectivity index (χ3n) is 2.46. The molecule has 0 saturated heterocycles. The smallest absolute Gasteiger partial charge is 0.234 e. The Hall–Kier alpha value is -1.42. The maximum absolute atomic E-state index is 12.7. The van der Waals surface area contributed by atoms with Gasteiger partial charge >= 0.3 is 0 Å². The molecule has 0 aliphatic heterocycles. The zero-order valence-electron chi connectivity index (χ0n) is 10.3. The van der Waals surface area contributed by atoms with Crippen molar-refractivity contribution in [3.05, 3.63) is 35.6 Å². The quantitative estimate of drug-likeness (QED) is 0.744. The summed E-state index contributed by atoms with van der Waals surface area (Å²) < 4.78 is 12.7. The first-order valence-electron chi connectivity index (χ1n) is 5.89. The molecule has 4 heteroatoms. The van der Waals surface area contributed by atoms with Gasteiger partial charge in [-0.1, -0.05) is 19.1 Å². The van der Waals surface area contributed by atoms with Gasteiger partial charge < -0.3 is 10.6 Å². The Bertz CT molecular complexity index is 351. The van der Waals surface area contributed by atoms with E-state index in [-0.39, 0.29) is 17.8 Å². The average Bonchev–Trinajstić information content (AvgIpc) is 2.30. The minimum absolute atomic E-state index is 0.0460. The van der Waals surface area contributed by atoms with Crippen LogP contribution in [-0.4, -0.2) is 19.0 Å². The van der Waals surface area contributed by atoms with Crippen LogP contribution in [0.3, 0.4) is 0 Å². The number of rotatable bonds is 6. The van der Waals surface area contributed by atoms with Gasteiger partial charge in [-0.15, -0.1) is 0 Å². The standard InChI is InChI=1S/C13H19FN2O/c1-3-8-15-9-13(17)16-10(2)11-4-6-12(14)7-5-11/h4-7,10,15H,3,8-9H2,1-2H3,(H,16,17)/t10-/m0/s1. The van der Waals surface area contributed by atoms with Crippen LogP contribution < -0.4 is 10.6 Å². The van der Waals surface area contributed by atoms with Crippen LogP contribution >= 0.6 is 0 Å². The van der Waals surface area contributed by atoms with Crippen LogP contribution in [0.2, 0.25) is 0 Å². The van der Waals surface area contributed by atoms with E-state index in [1.807, 2.05) is 13.8 Å². The number of amides is 1. The van der Waals surface area contributed by atoms with E-state index >= 15 is 0 Å². The van der Waals surface area contributed by atoms with Crippen molar-refractivity contribution in [2.45, 2.75) is 26.3 Å². The molecule has 0 aliphatic carbocycles. The van der Waals surface area contributed by atoms with Crippen LogP contribution in [0, 0.1) is 5.82 Å². The first-order valence-corrected chi connectivity index (χ1v) is 5.89. The van der Waals surface area contributed by atoms with Gasteiger partial charge in [-0.3, -0.25) is 4.79 Å². The number of benzene rings is 1. The van der Waals surface area contributed by atoms with Gasteiger partial charge in [-0.2, -0.15) is 0 Å². The zero-order valence-corrected chi connectivity index (χ0v) is 10.3. The van der Waals surface area contributed by atoms with E-state index in [0.29, 0.717) is 6.54 Å². The fourth-order valence-electron chi connectivity index (χ4n) is 1.51. The van der Waals surface area contributed by atoms with Crippen LogP contribution in [-0.2, 0) is 4.79 Å². The van der Waals surface area contributed by atoms with Gasteiger partial charge in [-0.25, -0.2) is 4.39 Å². The number of nitrogens with one attached hydrogen (secondary N) is 2. The predicted molar refractivity (Wildman–Crippen MR) is 66.1 cm³/mol. The lowest BCUT2D eigenvalue weighted by Gasteiger charge is -2.14. The van der Waals surface area contributed by atoms with Crippen molar-refractivity contribution in [1.29, 1.82) is 0 Å². The molecule has 0 saturated carbocycles. The lowest BCUT2D eigenvalue weighted by atomic mass is 10.1. The van der Waals surface area contributed by atoms with E-state index in [0.717, 1.165) is 18.5 Å². The van der Waals surface area contributed by atoms with E-state index < -0.39 is 0 Å². The van der Waals surface area contributed by atoms with Crippen LogP contribution in [0.4, 0.5) is 4.39 Å². The minimum atomic E-state index is -0.267. The summed E-state index contributed by atoms with van der Waals surface area (Å²) >= 11 is 0. The van der Waals surface area contributed by atoms with Crippen molar-refractivity contribution in [3.63, 3.8) is 0 Å². The molecule has 1 rings (SSSR count). The Balaban J connectivity index is 2.40. The molecule has 0 aliphatic rings. The third kappa shape index (κ3) is 4.95. The second-order valence-corrected chi connectivity index (χ2v) is 4.02. The Labute approximate surface area is 101 Å². The molecule has 2 N–H and O–H groups in total. The summed E-state index contributed by atoms with van der Waals surface area (Å²) in [6.07, 6.45) is 1.00. The highest BCUT2D eigenvalue weighted by Crippen LogP contribution is 2.12. The number of hydrogen-bond acceptors (Lipinski definition) is 2. The van der Waals surface area contributed by atoms with Gasteiger partial charge in [0.1, 0.15) is 5.82 Å². The van der Waals surface area contributed by atoms with Crippen molar-refractivity contribution in [1.82, 2.24) is 10.6 Å². The molecule has 0 spiro atoms. The van der Waals surface area contributed by atoms with E-state index in [2.05, 4.69) is 10.6 Å². The summed E-state index contributed by atoms with van der Waals surface area (Å²) in [5.74, 6) is -0.313. The summed E-state index contributed by atoms with van der Waals surface area (Å²) in [6, 6.07) is 6.05. The monoisotopic (exact) mass is 238 g/mol. The Morgan fingerprint density at radius 3 is 2.59 bits per heavy atom. The first-order chi connectivity index (χ1) is 8.13. The van der Waals surface area contributed by atoms with E-state index in [1.165, 1.54) is 12.1 Å². The topological polar surface area (TPSA) is 41.1 Å². The molecular weight excluding hydrogens is 219 g/mol. The van der Waals surface area contributed by atoms with Gasteiger partial charge in [0.15, 0.2) is 0 Å². The highest BCUT2D eigenvalue weighted by Gasteiger charge is 2.08. The molecule has 1 aromatic carbocycles. The largest absolute Gasteiger partial charge is 0.348 e. The predicted octanol–water partition coefficient (Wildman–Crippen LogP) is 2.00. The Kier molecular flexibility index (Phi) is 5.63. The molecule has 0 radical (unpaired) electrons. The van der Waals surface area contributed by atoms with Crippen molar-refractivity contribution in [3.8, 4) is 0 Å². The van der Waals surface area contributed by atoms with E-state index in [9.17, 15) is 9.18 Å². The normalized spacial score (nSPS) is 12.2. The zero-order chi connectivity index (χ0) is 12.7. The SMILES string of the molecule is CCCNCC(=O)N[C@@H](C)c1ccc(F)cc1. The lowest BCUT2D eigenvalue weighted by Crippen LogP contribution is -2.35. The molecule has 0 heterocycles. The fraction of sp³-hybridized carbons (Fsp3) is 0.462. The van der Waals surface area contributed by atoms with Crippen LogP contribution in [0.5, 0.6) is 0 Å². The van der Waals surface area contributed by atoms with Gasteiger partial charge in [-0.05, 0) is 37.6 Å². The maximum atomic E-state index is 12.7. The van der Waals surface area contributed by atoms with Crippen molar-refractivity contribution in [2.24, 2.45) is 0 Å². The number of carbonyl (C=O) groups excluding carboxylic acids is 1. The second-order valence-electron chi connectivity index (χ2n) is 4.02. The fourth-order valence-corrected chi connectivity index (χ4v) is 1.51. The van der Waals surface area contributed by atoms with E-state index in [1.54, 1.807) is 12.1 Å². The van der Waals surface area contributed by atoms with Crippen LogP contribution in [0.1, 0.15) is 31.9 Å². The average molecular weight is 238 g/mol. The molecule has 3 nitrogen and oxygen atoms in total. The number of carbonyl (C=O) groups is 1. The molecule has 1 atom stereocenters. The summed E-state index contributed by atoms with van der Waals surface area (Å²) in [4.78, 5) is 11.5. The second kappa shape index (κ2) is 7.01. The molecule has 0 aromatic heterocycles. The van der Waals surface area contributed by atoms with Crippen molar-refractivity contribution < 1.29 is 9.18 Å². The Morgan fingerprint density at radius 2 is 2.00 bits per heavy atom. The molecular formula is C13H19FN2O. The summed E-state index contributed by atoms with van der Waals surface area (Å²) in [5, 5.41) is 5.88. The highest BCUT2D eigenvalue weighted by molar-refractivity contribution is 5.78. The number of hydrogen-bond donors (Lipinski definition) is 2. The van der Waals surface area contributed by atoms with Crippen LogP contribution in [0.15, 0.2) is 24.3 Å². The molecule has 0 bridgehead atoms. The lowest BCUT2D eigenvalue weighted by molar-refractivity contribution is -0.120. The summed E-state index contributed by atoms with van der Waals surface area (Å²) in [6.45, 7) is 5.08. The van der Waals surface area contributed by atoms with Gasteiger partial charge in [0.05, 0.1) is 12.6 Å². The molecule has 1 amide bonds. The van der Waals surface area contributed by atoms with Gasteiger partial charge in [0.25, 0.3) is 0 Å². The highest BCUT2D eigenvalue weighted by atomic mass is 19.1. The summed E-state index contributed by atoms with van der Waals surface area (Å²) in [7, 11) is 0. The Morgan fingerprint density at radius 1 is 1.35 bits per heavy atom. The molecule has 17 heavy (non-hydrogen) atoms. The first kappa shape index (κ1) is 13.6. The molecule has 94 valence electrons. The van der Waals surface area contributed by atoms with Gasteiger partial charge in [0.2, 0.25) is 5.91 Å². The third-order valence-corrected chi connectivity index (χ3v) is 2.46. The van der Waals surface area contributed by atoms with Crippen LogP contribution in [0.25, 0.3) is 0 Å². The molecule has 1 aromatic rings. The minimum Gasteiger partial charge on any atom is -0.348 e. The van der Waals surface area contributed by atoms with E-state index in [4.69, 9.17) is 0 Å². The molecule has 0 unspecified atom stereocenters. The number of halogens is 1. The maximum Gasteiger partial charge on any atom is 0.234 e. The van der Waals surface area contributed by atoms with Gasteiger partial charge in [0, 0.05) is 0 Å². The van der Waals surface area contributed by atoms with Crippen molar-refractivity contribution >= 4 is 5.91 Å². The summed E-state index contributed by atoms with van der Waals surface area (Å²) in [5.41, 5.74) is 0.898.